The molecule has 0 spiro atoms. The number of benzene rings is 1. The third-order valence-corrected chi connectivity index (χ3v) is 6.04. The van der Waals surface area contributed by atoms with E-state index >= 15 is 0 Å². The van der Waals surface area contributed by atoms with Crippen LogP contribution in [0.15, 0.2) is 86.4 Å². The molecule has 5 rings (SSSR count). The molecule has 4 aromatic rings. The molecular weight excluding hydrogens is 442 g/mol. The van der Waals surface area contributed by atoms with Gasteiger partial charge in [-0.05, 0) is 24.3 Å². The molecule has 166 valence electrons. The molecule has 1 aromatic carbocycles. The first-order chi connectivity index (χ1) is 16.2. The van der Waals surface area contributed by atoms with Gasteiger partial charge in [-0.3, -0.25) is 9.59 Å². The van der Waals surface area contributed by atoms with Crippen molar-refractivity contribution in [2.24, 2.45) is 5.10 Å². The molecule has 1 amide bonds. The summed E-state index contributed by atoms with van der Waals surface area (Å²) in [7, 11) is 0. The molecule has 0 saturated heterocycles. The van der Waals surface area contributed by atoms with E-state index in [0.29, 0.717) is 29.3 Å². The minimum atomic E-state index is -0.530. The second-order valence-corrected chi connectivity index (χ2v) is 8.20. The zero-order chi connectivity index (χ0) is 22.6. The van der Waals surface area contributed by atoms with Gasteiger partial charge in [-0.25, -0.2) is 9.99 Å². The lowest BCUT2D eigenvalue weighted by molar-refractivity contribution is -0.152. The van der Waals surface area contributed by atoms with Crippen LogP contribution in [0.5, 0.6) is 0 Å². The predicted molar refractivity (Wildman–Crippen MR) is 120 cm³/mol. The van der Waals surface area contributed by atoms with Crippen molar-refractivity contribution in [3.05, 3.63) is 89.7 Å². The van der Waals surface area contributed by atoms with Gasteiger partial charge in [-0.1, -0.05) is 30.3 Å². The van der Waals surface area contributed by atoms with Crippen LogP contribution in [0.4, 0.5) is 0 Å². The number of aromatic nitrogens is 1. The highest BCUT2D eigenvalue weighted by molar-refractivity contribution is 7.13. The fourth-order valence-corrected chi connectivity index (χ4v) is 4.37. The summed E-state index contributed by atoms with van der Waals surface area (Å²) in [5.41, 5.74) is 2.21. The lowest BCUT2D eigenvalue weighted by Gasteiger charge is -2.19. The van der Waals surface area contributed by atoms with E-state index in [-0.39, 0.29) is 6.42 Å². The van der Waals surface area contributed by atoms with E-state index in [2.05, 4.69) is 10.1 Å². The summed E-state index contributed by atoms with van der Waals surface area (Å²) in [5.74, 6) is 0.194. The lowest BCUT2D eigenvalue weighted by Crippen LogP contribution is -2.31. The second kappa shape index (κ2) is 9.25. The van der Waals surface area contributed by atoms with Crippen molar-refractivity contribution < 1.29 is 23.2 Å². The van der Waals surface area contributed by atoms with Gasteiger partial charge in [0.15, 0.2) is 6.61 Å². The maximum absolute atomic E-state index is 12.9. The highest BCUT2D eigenvalue weighted by Gasteiger charge is 2.36. The van der Waals surface area contributed by atoms with Gasteiger partial charge in [-0.2, -0.15) is 5.10 Å². The topological polar surface area (TPSA) is 98.1 Å². The zero-order valence-electron chi connectivity index (χ0n) is 17.4. The zero-order valence-corrected chi connectivity index (χ0v) is 18.2. The number of hydrogen-bond donors (Lipinski definition) is 0. The van der Waals surface area contributed by atoms with Crippen LogP contribution in [0.3, 0.4) is 0 Å². The Hall–Kier alpha value is -3.98. The molecular formula is C24H19N3O5S. The summed E-state index contributed by atoms with van der Waals surface area (Å²) in [6.07, 6.45) is 3.51. The van der Waals surface area contributed by atoms with Gasteiger partial charge < -0.3 is 13.6 Å². The van der Waals surface area contributed by atoms with Crippen LogP contribution in [0.2, 0.25) is 0 Å². The molecule has 0 N–H and O–H groups in total. The third kappa shape index (κ3) is 4.63. The van der Waals surface area contributed by atoms with Gasteiger partial charge in [0.05, 0.1) is 24.6 Å². The Morgan fingerprint density at radius 3 is 2.64 bits per heavy atom. The summed E-state index contributed by atoms with van der Waals surface area (Å²) in [6, 6.07) is 16.4. The first-order valence-electron chi connectivity index (χ1n) is 10.3. The molecule has 8 nitrogen and oxygen atoms in total. The summed E-state index contributed by atoms with van der Waals surface area (Å²) >= 11 is 1.46. The molecule has 1 aliphatic heterocycles. The number of furan rings is 2. The molecule has 33 heavy (non-hydrogen) atoms. The molecule has 0 radical (unpaired) electrons. The van der Waals surface area contributed by atoms with Crippen molar-refractivity contribution in [3.63, 3.8) is 0 Å². The number of amides is 1. The van der Waals surface area contributed by atoms with Gasteiger partial charge >= 0.3 is 5.97 Å². The van der Waals surface area contributed by atoms with Crippen LogP contribution in [0, 0.1) is 0 Å². The normalized spacial score (nSPS) is 15.5. The Bertz CT molecular complexity index is 1260. The minimum Gasteiger partial charge on any atom is -0.467 e. The maximum Gasteiger partial charge on any atom is 0.312 e. The van der Waals surface area contributed by atoms with Gasteiger partial charge in [0.25, 0.3) is 5.91 Å². The van der Waals surface area contributed by atoms with E-state index in [1.807, 2.05) is 35.7 Å². The van der Waals surface area contributed by atoms with Gasteiger partial charge in [0.2, 0.25) is 0 Å². The van der Waals surface area contributed by atoms with Crippen molar-refractivity contribution >= 4 is 28.9 Å². The molecule has 1 aliphatic rings. The number of esters is 1. The molecule has 1 unspecified atom stereocenters. The summed E-state index contributed by atoms with van der Waals surface area (Å²) in [5, 5.41) is 8.35. The average Bonchev–Trinajstić information content (AvgIpc) is 3.63. The number of carbonyl (C=O) groups is 2. The van der Waals surface area contributed by atoms with Gasteiger partial charge in [0.1, 0.15) is 28.3 Å². The molecule has 0 fully saturated rings. The summed E-state index contributed by atoms with van der Waals surface area (Å²) in [6.45, 7) is -0.430. The van der Waals surface area contributed by atoms with Crippen molar-refractivity contribution in [2.45, 2.75) is 18.9 Å². The van der Waals surface area contributed by atoms with Crippen LogP contribution in [-0.2, 0) is 20.7 Å². The molecule has 0 bridgehead atoms. The number of ether oxygens (including phenoxy) is 1. The lowest BCUT2D eigenvalue weighted by atomic mass is 10.1. The number of nitrogens with zero attached hydrogens (tertiary/aromatic N) is 3. The fraction of sp³-hybridized carbons (Fsp3) is 0.167. The largest absolute Gasteiger partial charge is 0.467 e. The number of hydrogen-bond acceptors (Lipinski definition) is 8. The predicted octanol–water partition coefficient (Wildman–Crippen LogP) is 4.46. The van der Waals surface area contributed by atoms with Crippen molar-refractivity contribution in [2.75, 3.05) is 6.61 Å². The van der Waals surface area contributed by atoms with Crippen LogP contribution in [-0.4, -0.2) is 34.2 Å². The summed E-state index contributed by atoms with van der Waals surface area (Å²) < 4.78 is 16.2. The number of thiazole rings is 1. The molecule has 0 saturated carbocycles. The van der Waals surface area contributed by atoms with Gasteiger partial charge in [0, 0.05) is 17.4 Å². The monoisotopic (exact) mass is 461 g/mol. The highest BCUT2D eigenvalue weighted by atomic mass is 32.1. The van der Waals surface area contributed by atoms with Crippen molar-refractivity contribution in [1.29, 1.82) is 0 Å². The molecule has 1 atom stereocenters. The van der Waals surface area contributed by atoms with E-state index in [4.69, 9.17) is 13.6 Å². The molecule has 3 aromatic heterocycles. The molecule has 9 heteroatoms. The Balaban J connectivity index is 1.22. The molecule has 0 aliphatic carbocycles. The Kier molecular flexibility index (Phi) is 5.86. The second-order valence-electron chi connectivity index (χ2n) is 7.35. The highest BCUT2D eigenvalue weighted by Crippen LogP contribution is 2.33. The molecule has 4 heterocycles. The number of rotatable bonds is 7. The van der Waals surface area contributed by atoms with Crippen molar-refractivity contribution in [3.8, 4) is 10.6 Å². The fourth-order valence-electron chi connectivity index (χ4n) is 3.54. The van der Waals surface area contributed by atoms with E-state index < -0.39 is 24.5 Å². The van der Waals surface area contributed by atoms with Gasteiger partial charge in [-0.15, -0.1) is 11.3 Å². The third-order valence-electron chi connectivity index (χ3n) is 5.10. The summed E-state index contributed by atoms with van der Waals surface area (Å²) in [4.78, 5) is 29.7. The van der Waals surface area contributed by atoms with E-state index in [9.17, 15) is 9.59 Å². The first kappa shape index (κ1) is 20.9. The minimum absolute atomic E-state index is 0.0147. The SMILES string of the molecule is O=C(Cc1csc(-c2ccccc2)n1)OCC(=O)N1N=C(c2ccco2)CC1c1ccco1. The number of carbonyl (C=O) groups excluding carboxylic acids is 2. The Morgan fingerprint density at radius 2 is 1.88 bits per heavy atom. The van der Waals surface area contributed by atoms with Crippen LogP contribution >= 0.6 is 11.3 Å². The van der Waals surface area contributed by atoms with Crippen LogP contribution in [0.1, 0.15) is 29.7 Å². The van der Waals surface area contributed by atoms with E-state index in [1.165, 1.54) is 16.3 Å². The standard InChI is InChI=1S/C24H19N3O5S/c28-22(14-32-23(29)12-17-15-33-24(25-17)16-6-2-1-3-7-16)27-19(21-9-5-11-31-21)13-18(26-27)20-8-4-10-30-20/h1-11,15,19H,12-14H2. The Labute approximate surface area is 193 Å². The van der Waals surface area contributed by atoms with Crippen LogP contribution in [0.25, 0.3) is 10.6 Å². The maximum atomic E-state index is 12.9. The Morgan fingerprint density at radius 1 is 1.06 bits per heavy atom. The van der Waals surface area contributed by atoms with E-state index in [1.54, 1.807) is 36.8 Å². The van der Waals surface area contributed by atoms with Crippen molar-refractivity contribution in [1.82, 2.24) is 9.99 Å². The quantitative estimate of drug-likeness (QED) is 0.377. The van der Waals surface area contributed by atoms with E-state index in [0.717, 1.165) is 10.6 Å². The first-order valence-corrected chi connectivity index (χ1v) is 11.2. The van der Waals surface area contributed by atoms with Crippen LogP contribution < -0.4 is 0 Å². The number of hydrazone groups is 1. The smallest absolute Gasteiger partial charge is 0.312 e. The average molecular weight is 461 g/mol.